The molecule has 0 saturated carbocycles. The highest BCUT2D eigenvalue weighted by Gasteiger charge is 2.48. The van der Waals surface area contributed by atoms with Crippen LogP contribution in [0.2, 0.25) is 77.6 Å². The number of aliphatic hydroxyl groups excluding tert-OH is 1. The molecule has 0 amide bonds. The summed E-state index contributed by atoms with van der Waals surface area (Å²) in [5, 5.41) is 18.3. The topological polar surface area (TPSA) is 139 Å². The second-order valence-corrected chi connectivity index (χ2v) is 34.3. The van der Waals surface area contributed by atoms with Crippen molar-refractivity contribution in [3.05, 3.63) is 0 Å². The van der Waals surface area contributed by atoms with Crippen LogP contribution in [0, 0.1) is 0 Å². The average Bonchev–Trinajstić information content (AvgIpc) is 2.69. The lowest BCUT2D eigenvalue weighted by Crippen LogP contribution is -2.60. The van der Waals surface area contributed by atoms with Crippen LogP contribution >= 0.6 is 0 Å². The van der Waals surface area contributed by atoms with Crippen molar-refractivity contribution in [2.24, 2.45) is 0 Å². The zero-order chi connectivity index (χ0) is 30.6. The van der Waals surface area contributed by atoms with Gasteiger partial charge in [-0.05, 0) is 96.8 Å². The first-order chi connectivity index (χ1) is 17.6. The van der Waals surface area contributed by atoms with E-state index >= 15 is 0 Å². The quantitative estimate of drug-likeness (QED) is 0.0660. The molecule has 0 aromatic heterocycles. The summed E-state index contributed by atoms with van der Waals surface area (Å²) in [5.41, 5.74) is 0. The fourth-order valence-electron chi connectivity index (χ4n) is 4.40. The van der Waals surface area contributed by atoms with Crippen molar-refractivity contribution in [2.45, 2.75) is 110 Å². The van der Waals surface area contributed by atoms with Crippen LogP contribution in [-0.2, 0) is 40.4 Å². The molecule has 11 nitrogen and oxygen atoms in total. The van der Waals surface area contributed by atoms with Crippen molar-refractivity contribution in [2.75, 3.05) is 32.2 Å². The Morgan fingerprint density at radius 3 is 1.64 bits per heavy atom. The third kappa shape index (κ3) is 21.1. The summed E-state index contributed by atoms with van der Waals surface area (Å²) >= 11 is 0. The lowest BCUT2D eigenvalue weighted by atomic mass is 10.4. The van der Waals surface area contributed by atoms with Gasteiger partial charge in [-0.2, -0.15) is 8.42 Å². The van der Waals surface area contributed by atoms with Gasteiger partial charge in [0, 0.05) is 19.8 Å². The minimum Gasteiger partial charge on any atom is -0.437 e. The molecule has 17 heteroatoms. The molecule has 0 saturated heterocycles. The predicted molar refractivity (Wildman–Crippen MR) is 166 cm³/mol. The Morgan fingerprint density at radius 1 is 0.692 bits per heavy atom. The van der Waals surface area contributed by atoms with Gasteiger partial charge in [0.25, 0.3) is 10.1 Å². The molecule has 0 rings (SSSR count). The van der Waals surface area contributed by atoms with E-state index in [1.807, 2.05) is 0 Å². The van der Waals surface area contributed by atoms with Crippen LogP contribution in [0.3, 0.4) is 0 Å². The Kier molecular flexibility index (Phi) is 17.4. The maximum Gasteiger partial charge on any atom is 0.317 e. The van der Waals surface area contributed by atoms with Gasteiger partial charge < -0.3 is 31.0 Å². The van der Waals surface area contributed by atoms with E-state index < -0.39 is 64.3 Å². The summed E-state index contributed by atoms with van der Waals surface area (Å²) < 4.78 is 64.3. The van der Waals surface area contributed by atoms with Crippen LogP contribution in [0.1, 0.15) is 26.2 Å². The second-order valence-electron chi connectivity index (χ2n) is 12.6. The molecule has 0 aliphatic heterocycles. The summed E-state index contributed by atoms with van der Waals surface area (Å²) in [6.07, 6.45) is 1.11. The summed E-state index contributed by atoms with van der Waals surface area (Å²) in [6, 6.07) is 1.42. The first-order valence-corrected chi connectivity index (χ1v) is 30.0. The largest absolute Gasteiger partial charge is 0.437 e. The van der Waals surface area contributed by atoms with E-state index in [4.69, 9.17) is 31.2 Å². The molecule has 0 aliphatic carbocycles. The highest BCUT2D eigenvalue weighted by atomic mass is 32.2. The van der Waals surface area contributed by atoms with Gasteiger partial charge in [0.05, 0.1) is 12.7 Å². The zero-order valence-electron chi connectivity index (χ0n) is 26.1. The standard InChI is InChI=1S/C22H56O11SSi5/c1-12-15-27-16-13-18-38(10,31-36(5,6)7)33-39(11,32-37(8,9)30-35(2,3)4)19-14-17-28-20-22(23)21-34(25,26)29-24/h22-24H,12-21H2,1-11H3. The molecule has 3 atom stereocenters. The Bertz CT molecular complexity index is 792. The fraction of sp³-hybridized carbons (Fsp3) is 1.00. The number of ether oxygens (including phenoxy) is 2. The molecule has 0 aliphatic rings. The van der Waals surface area contributed by atoms with E-state index in [1.54, 1.807) is 0 Å². The molecule has 0 fully saturated rings. The Morgan fingerprint density at radius 2 is 1.18 bits per heavy atom. The summed E-state index contributed by atoms with van der Waals surface area (Å²) in [7, 11) is -16.0. The highest BCUT2D eigenvalue weighted by molar-refractivity contribution is 7.86. The van der Waals surface area contributed by atoms with Crippen molar-refractivity contribution in [1.82, 2.24) is 0 Å². The average molecular weight is 669 g/mol. The van der Waals surface area contributed by atoms with Crippen LogP contribution in [0.15, 0.2) is 0 Å². The molecular formula is C22H56O11SSi5. The molecule has 0 bridgehead atoms. The molecule has 0 radical (unpaired) electrons. The zero-order valence-corrected chi connectivity index (χ0v) is 31.9. The minimum atomic E-state index is -4.20. The Labute approximate surface area is 242 Å². The van der Waals surface area contributed by atoms with E-state index in [-0.39, 0.29) is 13.2 Å². The molecule has 39 heavy (non-hydrogen) atoms. The van der Waals surface area contributed by atoms with Gasteiger partial charge in [0.2, 0.25) is 0 Å². The second kappa shape index (κ2) is 17.1. The number of hydrogen-bond acceptors (Lipinski definition) is 11. The van der Waals surface area contributed by atoms with Gasteiger partial charge in [-0.1, -0.05) is 6.92 Å². The lowest BCUT2D eigenvalue weighted by molar-refractivity contribution is -0.131. The van der Waals surface area contributed by atoms with E-state index in [0.717, 1.165) is 25.5 Å². The van der Waals surface area contributed by atoms with E-state index in [9.17, 15) is 13.5 Å². The molecule has 0 aromatic rings. The molecule has 3 unspecified atom stereocenters. The SMILES string of the molecule is CCCOCCC[Si](C)(O[Si](C)(C)C)O[Si](C)(CCCOCC(O)CS(=O)(=O)OO)O[Si](C)(C)O[Si](C)(C)C. The van der Waals surface area contributed by atoms with Crippen molar-refractivity contribution in [1.29, 1.82) is 0 Å². The Hall–Kier alpha value is 0.674. The predicted octanol–water partition coefficient (Wildman–Crippen LogP) is 4.97. The fourth-order valence-corrected chi connectivity index (χ4v) is 28.8. The molecular weight excluding hydrogens is 613 g/mol. The van der Waals surface area contributed by atoms with Gasteiger partial charge in [0.1, 0.15) is 5.75 Å². The molecule has 0 spiro atoms. The maximum absolute atomic E-state index is 11.3. The first kappa shape index (κ1) is 39.7. The lowest BCUT2D eigenvalue weighted by Gasteiger charge is -2.44. The van der Waals surface area contributed by atoms with Crippen molar-refractivity contribution >= 4 is 52.4 Å². The van der Waals surface area contributed by atoms with Crippen molar-refractivity contribution < 1.29 is 49.0 Å². The third-order valence-electron chi connectivity index (χ3n) is 4.98. The number of rotatable bonds is 23. The molecule has 0 heterocycles. The van der Waals surface area contributed by atoms with E-state index in [2.05, 4.69) is 76.7 Å². The molecule has 0 aromatic carbocycles. The number of hydrogen-bond donors (Lipinski definition) is 2. The Balaban J connectivity index is 5.59. The van der Waals surface area contributed by atoms with E-state index in [1.165, 1.54) is 0 Å². The van der Waals surface area contributed by atoms with Crippen LogP contribution in [0.5, 0.6) is 0 Å². The third-order valence-corrected chi connectivity index (χ3v) is 24.3. The van der Waals surface area contributed by atoms with Crippen LogP contribution in [0.25, 0.3) is 0 Å². The van der Waals surface area contributed by atoms with E-state index in [0.29, 0.717) is 19.1 Å². The molecule has 236 valence electrons. The monoisotopic (exact) mass is 668 g/mol. The first-order valence-electron chi connectivity index (χ1n) is 13.7. The van der Waals surface area contributed by atoms with Gasteiger partial charge in [-0.3, -0.25) is 0 Å². The van der Waals surface area contributed by atoms with Crippen LogP contribution in [-0.4, -0.2) is 99.4 Å². The van der Waals surface area contributed by atoms with Gasteiger partial charge >= 0.3 is 25.7 Å². The number of aliphatic hydroxyl groups is 1. The van der Waals surface area contributed by atoms with Gasteiger partial charge in [-0.25, -0.2) is 5.26 Å². The van der Waals surface area contributed by atoms with Crippen molar-refractivity contribution in [3.8, 4) is 0 Å². The van der Waals surface area contributed by atoms with Gasteiger partial charge in [0.15, 0.2) is 16.6 Å². The minimum absolute atomic E-state index is 0.204. The summed E-state index contributed by atoms with van der Waals surface area (Å²) in [4.78, 5) is 0. The maximum atomic E-state index is 11.3. The molecule has 2 N–H and O–H groups in total. The van der Waals surface area contributed by atoms with Crippen molar-refractivity contribution in [3.63, 3.8) is 0 Å². The normalized spacial score (nSPS) is 17.6. The smallest absolute Gasteiger partial charge is 0.317 e. The van der Waals surface area contributed by atoms with Crippen LogP contribution in [0.4, 0.5) is 0 Å². The summed E-state index contributed by atoms with van der Waals surface area (Å²) in [5.74, 6) is -0.754. The highest BCUT2D eigenvalue weighted by Crippen LogP contribution is 2.31. The van der Waals surface area contributed by atoms with Gasteiger partial charge in [-0.15, -0.1) is 4.33 Å². The summed E-state index contributed by atoms with van der Waals surface area (Å²) in [6.45, 7) is 24.9. The van der Waals surface area contributed by atoms with Crippen LogP contribution < -0.4 is 0 Å².